The lowest BCUT2D eigenvalue weighted by atomic mass is 9.99. The van der Waals surface area contributed by atoms with Gasteiger partial charge in [-0.2, -0.15) is 13.2 Å². The first-order chi connectivity index (χ1) is 15.1. The molecule has 3 aliphatic rings. The second kappa shape index (κ2) is 10.2. The summed E-state index contributed by atoms with van der Waals surface area (Å²) in [6, 6.07) is 0.256. The van der Waals surface area contributed by atoms with Crippen molar-refractivity contribution >= 4 is 11.9 Å². The number of amides is 1. The van der Waals surface area contributed by atoms with Crippen LogP contribution in [0.1, 0.15) is 29.9 Å². The number of likely N-dealkylation sites (tertiary alicyclic amines) is 1. The first-order valence-electron chi connectivity index (χ1n) is 10.5. The Morgan fingerprint density at radius 1 is 1.16 bits per heavy atom. The van der Waals surface area contributed by atoms with Gasteiger partial charge in [-0.05, 0) is 26.7 Å². The van der Waals surface area contributed by atoms with Crippen LogP contribution in [0, 0.1) is 19.8 Å². The summed E-state index contributed by atoms with van der Waals surface area (Å²) in [5, 5.41) is 11.2. The smallest absolute Gasteiger partial charge is 0.475 e. The van der Waals surface area contributed by atoms with Crippen molar-refractivity contribution in [1.82, 2.24) is 15.0 Å². The number of halogens is 3. The summed E-state index contributed by atoms with van der Waals surface area (Å²) in [5.41, 5.74) is 2.11. The molecule has 4 heterocycles. The predicted molar refractivity (Wildman–Crippen MR) is 104 cm³/mol. The second-order valence-corrected chi connectivity index (χ2v) is 8.18. The van der Waals surface area contributed by atoms with E-state index >= 15 is 0 Å². The van der Waals surface area contributed by atoms with Gasteiger partial charge >= 0.3 is 12.1 Å². The number of aliphatic carboxylic acids is 1. The number of carboxylic acids is 1. The van der Waals surface area contributed by atoms with Crippen molar-refractivity contribution in [3.05, 3.63) is 17.0 Å². The summed E-state index contributed by atoms with van der Waals surface area (Å²) in [7, 11) is 0. The Bertz CT molecular complexity index is 789. The van der Waals surface area contributed by atoms with Crippen LogP contribution in [0.25, 0.3) is 0 Å². The van der Waals surface area contributed by atoms with Gasteiger partial charge in [0.25, 0.3) is 0 Å². The average Bonchev–Trinajstić information content (AvgIpc) is 3.33. The number of hydrogen-bond donors (Lipinski definition) is 1. The zero-order valence-electron chi connectivity index (χ0n) is 18.1. The van der Waals surface area contributed by atoms with Crippen LogP contribution >= 0.6 is 0 Å². The normalized spacial score (nSPS) is 24.6. The molecule has 0 saturated carbocycles. The van der Waals surface area contributed by atoms with E-state index in [1.54, 1.807) is 0 Å². The third-order valence-electron chi connectivity index (χ3n) is 6.08. The van der Waals surface area contributed by atoms with Gasteiger partial charge in [0.2, 0.25) is 5.91 Å². The number of rotatable bonds is 3. The maximum Gasteiger partial charge on any atom is 0.490 e. The van der Waals surface area contributed by atoms with Gasteiger partial charge in [0, 0.05) is 50.9 Å². The lowest BCUT2D eigenvalue weighted by Crippen LogP contribution is -2.50. The van der Waals surface area contributed by atoms with E-state index in [1.807, 2.05) is 18.7 Å². The fourth-order valence-electron chi connectivity index (χ4n) is 4.27. The molecule has 0 unspecified atom stereocenters. The lowest BCUT2D eigenvalue weighted by molar-refractivity contribution is -0.192. The maximum atomic E-state index is 12.8. The maximum absolute atomic E-state index is 12.8. The minimum absolute atomic E-state index is 0.109. The number of ether oxygens (including phenoxy) is 2. The quantitative estimate of drug-likeness (QED) is 0.723. The zero-order chi connectivity index (χ0) is 23.5. The number of aromatic nitrogens is 1. The molecule has 0 aromatic carbocycles. The number of fused-ring (bicyclic) bond motifs is 1. The molecular weight excluding hydrogens is 435 g/mol. The third kappa shape index (κ3) is 5.78. The van der Waals surface area contributed by atoms with Crippen molar-refractivity contribution in [3.63, 3.8) is 0 Å². The lowest BCUT2D eigenvalue weighted by Gasteiger charge is -2.36. The summed E-state index contributed by atoms with van der Waals surface area (Å²) in [6.45, 7) is 9.21. The minimum atomic E-state index is -5.08. The molecule has 2 atom stereocenters. The van der Waals surface area contributed by atoms with E-state index in [9.17, 15) is 18.0 Å². The molecule has 180 valence electrons. The molecule has 0 spiro atoms. The zero-order valence-corrected chi connectivity index (χ0v) is 18.1. The molecule has 3 aliphatic heterocycles. The average molecular weight is 463 g/mol. The third-order valence-corrected chi connectivity index (χ3v) is 6.08. The largest absolute Gasteiger partial charge is 0.490 e. The van der Waals surface area contributed by atoms with E-state index in [4.69, 9.17) is 23.9 Å². The number of carbonyl (C=O) groups excluding carboxylic acids is 1. The number of carbonyl (C=O) groups is 2. The van der Waals surface area contributed by atoms with Crippen molar-refractivity contribution in [2.75, 3.05) is 39.5 Å². The SMILES string of the molecule is Cc1noc(C)c1CN1CCO[C@H]2CN(C(=O)C3CCOCC3)C[C@H]21.O=C(O)C(F)(F)F. The molecule has 0 bridgehead atoms. The molecule has 1 amide bonds. The first kappa shape index (κ1) is 24.5. The molecule has 0 aliphatic carbocycles. The predicted octanol–water partition coefficient (Wildman–Crippen LogP) is 1.76. The van der Waals surface area contributed by atoms with Crippen LogP contribution < -0.4 is 0 Å². The Balaban J connectivity index is 0.000000360. The van der Waals surface area contributed by atoms with Gasteiger partial charge in [-0.3, -0.25) is 9.69 Å². The fraction of sp³-hybridized carbons (Fsp3) is 0.750. The van der Waals surface area contributed by atoms with E-state index in [1.165, 1.54) is 0 Å². The topological polar surface area (TPSA) is 105 Å². The molecular formula is C20H28F3N3O6. The molecule has 9 nitrogen and oxygen atoms in total. The van der Waals surface area contributed by atoms with Gasteiger partial charge in [0.15, 0.2) is 0 Å². The van der Waals surface area contributed by atoms with Crippen LogP contribution in [0.4, 0.5) is 13.2 Å². The Kier molecular flexibility index (Phi) is 7.78. The van der Waals surface area contributed by atoms with Gasteiger partial charge in [0.1, 0.15) is 5.76 Å². The second-order valence-electron chi connectivity index (χ2n) is 8.18. The summed E-state index contributed by atoms with van der Waals surface area (Å²) in [6.07, 6.45) is -3.29. The summed E-state index contributed by atoms with van der Waals surface area (Å²) in [4.78, 5) is 26.2. The Morgan fingerprint density at radius 2 is 1.81 bits per heavy atom. The summed E-state index contributed by atoms with van der Waals surface area (Å²) >= 11 is 0. The number of alkyl halides is 3. The molecule has 0 radical (unpaired) electrons. The van der Waals surface area contributed by atoms with Crippen LogP contribution in [-0.2, 0) is 25.6 Å². The molecule has 4 rings (SSSR count). The molecule has 12 heteroatoms. The molecule has 1 aromatic rings. The fourth-order valence-corrected chi connectivity index (χ4v) is 4.27. The number of nitrogens with zero attached hydrogens (tertiary/aromatic N) is 3. The van der Waals surface area contributed by atoms with E-state index < -0.39 is 12.1 Å². The van der Waals surface area contributed by atoms with Crippen molar-refractivity contribution < 1.29 is 41.9 Å². The number of aryl methyl sites for hydroxylation is 2. The van der Waals surface area contributed by atoms with Gasteiger partial charge in [-0.1, -0.05) is 5.16 Å². The van der Waals surface area contributed by atoms with Crippen molar-refractivity contribution in [2.45, 2.75) is 51.6 Å². The van der Waals surface area contributed by atoms with Crippen molar-refractivity contribution in [3.8, 4) is 0 Å². The highest BCUT2D eigenvalue weighted by Crippen LogP contribution is 2.28. The standard InChI is InChI=1S/C18H27N3O4.C2HF3O2/c1-12-15(13(2)25-19-12)9-20-5-8-24-17-11-21(10-16(17)20)18(22)14-3-6-23-7-4-14;3-2(4,5)1(6)7/h14,16-17H,3-11H2,1-2H3;(H,6,7)/t16-,17+;/m1./s1. The van der Waals surface area contributed by atoms with Crippen LogP contribution in [-0.4, -0.2) is 89.7 Å². The monoisotopic (exact) mass is 463 g/mol. The molecule has 3 saturated heterocycles. The highest BCUT2D eigenvalue weighted by atomic mass is 19.4. The Morgan fingerprint density at radius 3 is 2.38 bits per heavy atom. The van der Waals surface area contributed by atoms with E-state index in [0.717, 1.165) is 49.5 Å². The molecule has 32 heavy (non-hydrogen) atoms. The molecule has 1 N–H and O–H groups in total. The van der Waals surface area contributed by atoms with E-state index in [-0.39, 0.29) is 24.0 Å². The van der Waals surface area contributed by atoms with E-state index in [2.05, 4.69) is 10.1 Å². The van der Waals surface area contributed by atoms with Crippen molar-refractivity contribution in [1.29, 1.82) is 0 Å². The minimum Gasteiger partial charge on any atom is -0.475 e. The van der Waals surface area contributed by atoms with Crippen LogP contribution in [0.2, 0.25) is 0 Å². The highest BCUT2D eigenvalue weighted by molar-refractivity contribution is 5.79. The van der Waals surface area contributed by atoms with Gasteiger partial charge in [0.05, 0.1) is 24.4 Å². The molecule has 3 fully saturated rings. The van der Waals surface area contributed by atoms with Gasteiger partial charge < -0.3 is 24.0 Å². The summed E-state index contributed by atoms with van der Waals surface area (Å²) in [5.74, 6) is -1.48. The van der Waals surface area contributed by atoms with Crippen LogP contribution in [0.15, 0.2) is 4.52 Å². The van der Waals surface area contributed by atoms with Crippen LogP contribution in [0.5, 0.6) is 0 Å². The van der Waals surface area contributed by atoms with Gasteiger partial charge in [-0.15, -0.1) is 0 Å². The highest BCUT2D eigenvalue weighted by Gasteiger charge is 2.43. The Labute approximate surface area is 183 Å². The van der Waals surface area contributed by atoms with Crippen molar-refractivity contribution in [2.24, 2.45) is 5.92 Å². The number of morpholine rings is 1. The molecule has 1 aromatic heterocycles. The first-order valence-corrected chi connectivity index (χ1v) is 10.5. The van der Waals surface area contributed by atoms with Crippen LogP contribution in [0.3, 0.4) is 0 Å². The van der Waals surface area contributed by atoms with E-state index in [0.29, 0.717) is 26.4 Å². The number of carboxylic acid groups (broad SMARTS) is 1. The number of hydrogen-bond acceptors (Lipinski definition) is 7. The van der Waals surface area contributed by atoms with Gasteiger partial charge in [-0.25, -0.2) is 4.79 Å². The summed E-state index contributed by atoms with van der Waals surface area (Å²) < 4.78 is 48.4. The Hall–Kier alpha value is -2.18.